The van der Waals surface area contributed by atoms with E-state index < -0.39 is 17.3 Å². The Morgan fingerprint density at radius 3 is 2.68 bits per heavy atom. The number of carbonyl (C=O) groups is 1. The second-order valence-corrected chi connectivity index (χ2v) is 4.14. The van der Waals surface area contributed by atoms with Crippen LogP contribution in [0.5, 0.6) is 5.75 Å². The molecule has 0 unspecified atom stereocenters. The van der Waals surface area contributed by atoms with E-state index in [4.69, 9.17) is 16.3 Å². The molecule has 0 bridgehead atoms. The first-order valence-electron chi connectivity index (χ1n) is 5.34. The summed E-state index contributed by atoms with van der Waals surface area (Å²) in [5.74, 6) is -1.05. The number of esters is 1. The van der Waals surface area contributed by atoms with Crippen LogP contribution in [-0.4, -0.2) is 10.5 Å². The molecular weight excluding hydrogens is 273 g/mol. The molecule has 0 saturated carbocycles. The molecule has 98 valence electrons. The van der Waals surface area contributed by atoms with Gasteiger partial charge < -0.3 is 4.74 Å². The van der Waals surface area contributed by atoms with E-state index in [0.717, 1.165) is 4.57 Å². The van der Waals surface area contributed by atoms with Gasteiger partial charge in [0.2, 0.25) is 0 Å². The van der Waals surface area contributed by atoms with E-state index in [-0.39, 0.29) is 16.5 Å². The summed E-state index contributed by atoms with van der Waals surface area (Å²) in [6.45, 7) is 1.23. The van der Waals surface area contributed by atoms with Gasteiger partial charge in [-0.3, -0.25) is 14.2 Å². The first kappa shape index (κ1) is 13.3. The lowest BCUT2D eigenvalue weighted by Gasteiger charge is -2.10. The SMILES string of the molecule is CC(=O)Oc1ccc(=O)n(-c2c(F)cccc2Cl)c1. The molecule has 0 fully saturated rings. The molecule has 19 heavy (non-hydrogen) atoms. The quantitative estimate of drug-likeness (QED) is 0.795. The third-order valence-corrected chi connectivity index (χ3v) is 2.63. The van der Waals surface area contributed by atoms with E-state index in [1.165, 1.54) is 43.5 Å². The maximum Gasteiger partial charge on any atom is 0.308 e. The van der Waals surface area contributed by atoms with Crippen LogP contribution < -0.4 is 10.3 Å². The van der Waals surface area contributed by atoms with E-state index in [2.05, 4.69) is 0 Å². The van der Waals surface area contributed by atoms with Crippen LogP contribution in [0, 0.1) is 5.82 Å². The highest BCUT2D eigenvalue weighted by molar-refractivity contribution is 6.32. The molecule has 2 aromatic rings. The molecule has 4 nitrogen and oxygen atoms in total. The Bertz CT molecular complexity index is 676. The number of hydrogen-bond donors (Lipinski definition) is 0. The number of pyridine rings is 1. The summed E-state index contributed by atoms with van der Waals surface area (Å²) < 4.78 is 19.6. The van der Waals surface area contributed by atoms with Crippen molar-refractivity contribution in [2.24, 2.45) is 0 Å². The monoisotopic (exact) mass is 281 g/mol. The number of rotatable bonds is 2. The van der Waals surface area contributed by atoms with Gasteiger partial charge >= 0.3 is 5.97 Å². The summed E-state index contributed by atoms with van der Waals surface area (Å²) >= 11 is 5.89. The van der Waals surface area contributed by atoms with Crippen LogP contribution in [0.15, 0.2) is 41.3 Å². The zero-order chi connectivity index (χ0) is 14.0. The molecule has 0 N–H and O–H groups in total. The Labute approximate surface area is 113 Å². The topological polar surface area (TPSA) is 48.3 Å². The molecule has 2 rings (SSSR count). The van der Waals surface area contributed by atoms with Crippen molar-refractivity contribution in [3.8, 4) is 11.4 Å². The van der Waals surface area contributed by atoms with Crippen LogP contribution in [0.4, 0.5) is 4.39 Å². The number of carbonyl (C=O) groups excluding carboxylic acids is 1. The van der Waals surface area contributed by atoms with E-state index in [1.807, 2.05) is 0 Å². The van der Waals surface area contributed by atoms with Crippen LogP contribution in [-0.2, 0) is 4.79 Å². The molecule has 0 aliphatic heterocycles. The summed E-state index contributed by atoms with van der Waals surface area (Å²) in [6, 6.07) is 6.58. The lowest BCUT2D eigenvalue weighted by atomic mass is 10.3. The number of aromatic nitrogens is 1. The Hall–Kier alpha value is -2.14. The molecule has 1 heterocycles. The Morgan fingerprint density at radius 2 is 2.05 bits per heavy atom. The van der Waals surface area contributed by atoms with Crippen molar-refractivity contribution >= 4 is 17.6 Å². The number of para-hydroxylation sites is 1. The van der Waals surface area contributed by atoms with E-state index in [9.17, 15) is 14.0 Å². The molecule has 1 aromatic carbocycles. The Morgan fingerprint density at radius 1 is 1.32 bits per heavy atom. The molecule has 1 aromatic heterocycles. The van der Waals surface area contributed by atoms with Crippen molar-refractivity contribution in [1.82, 2.24) is 4.57 Å². The summed E-state index contributed by atoms with van der Waals surface area (Å²) in [5, 5.41) is 0.0853. The van der Waals surface area contributed by atoms with Crippen molar-refractivity contribution in [2.75, 3.05) is 0 Å². The van der Waals surface area contributed by atoms with Crippen LogP contribution in [0.3, 0.4) is 0 Å². The zero-order valence-corrected chi connectivity index (χ0v) is 10.6. The highest BCUT2D eigenvalue weighted by Crippen LogP contribution is 2.23. The van der Waals surface area contributed by atoms with Crippen molar-refractivity contribution < 1.29 is 13.9 Å². The van der Waals surface area contributed by atoms with Crippen LogP contribution in [0.2, 0.25) is 5.02 Å². The number of hydrogen-bond acceptors (Lipinski definition) is 3. The molecule has 0 amide bonds. The van der Waals surface area contributed by atoms with Crippen LogP contribution >= 0.6 is 11.6 Å². The van der Waals surface area contributed by atoms with E-state index in [0.29, 0.717) is 0 Å². The highest BCUT2D eigenvalue weighted by Gasteiger charge is 2.12. The van der Waals surface area contributed by atoms with Gasteiger partial charge in [0, 0.05) is 13.0 Å². The minimum atomic E-state index is -0.644. The van der Waals surface area contributed by atoms with Gasteiger partial charge in [0.1, 0.15) is 17.3 Å². The van der Waals surface area contributed by atoms with Crippen LogP contribution in [0.1, 0.15) is 6.92 Å². The van der Waals surface area contributed by atoms with Gasteiger partial charge in [-0.25, -0.2) is 4.39 Å². The van der Waals surface area contributed by atoms with E-state index in [1.54, 1.807) is 0 Å². The lowest BCUT2D eigenvalue weighted by Crippen LogP contribution is -2.18. The van der Waals surface area contributed by atoms with E-state index >= 15 is 0 Å². The van der Waals surface area contributed by atoms with Gasteiger partial charge in [0.15, 0.2) is 0 Å². The Kier molecular flexibility index (Phi) is 3.66. The summed E-state index contributed by atoms with van der Waals surface area (Å²) in [5.41, 5.74) is -0.564. The van der Waals surface area contributed by atoms with Gasteiger partial charge in [0.25, 0.3) is 5.56 Å². The molecule has 0 aliphatic rings. The molecular formula is C13H9ClFNO3. The smallest absolute Gasteiger partial charge is 0.308 e. The predicted molar refractivity (Wildman–Crippen MR) is 68.3 cm³/mol. The van der Waals surface area contributed by atoms with Gasteiger partial charge in [-0.05, 0) is 18.2 Å². The first-order valence-corrected chi connectivity index (χ1v) is 5.72. The molecule has 0 radical (unpaired) electrons. The van der Waals surface area contributed by atoms with Gasteiger partial charge in [0.05, 0.1) is 11.2 Å². The number of halogens is 2. The molecule has 0 aliphatic carbocycles. The predicted octanol–water partition coefficient (Wildman–Crippen LogP) is 2.56. The standard InChI is InChI=1S/C13H9ClFNO3/c1-8(17)19-9-5-6-12(18)16(7-9)13-10(14)3-2-4-11(13)15/h2-7H,1H3. The summed E-state index contributed by atoms with van der Waals surface area (Å²) in [4.78, 5) is 22.6. The Balaban J connectivity index is 2.61. The number of benzene rings is 1. The highest BCUT2D eigenvalue weighted by atomic mass is 35.5. The molecule has 6 heteroatoms. The summed E-state index contributed by atoms with van der Waals surface area (Å²) in [7, 11) is 0. The van der Waals surface area contributed by atoms with Crippen LogP contribution in [0.25, 0.3) is 5.69 Å². The van der Waals surface area contributed by atoms with Crippen molar-refractivity contribution in [1.29, 1.82) is 0 Å². The second-order valence-electron chi connectivity index (χ2n) is 3.74. The fourth-order valence-corrected chi connectivity index (χ4v) is 1.84. The first-order chi connectivity index (χ1) is 8.99. The lowest BCUT2D eigenvalue weighted by molar-refractivity contribution is -0.131. The number of nitrogens with zero attached hydrogens (tertiary/aromatic N) is 1. The molecule has 0 saturated heterocycles. The average Bonchev–Trinajstić information content (AvgIpc) is 2.32. The second kappa shape index (κ2) is 5.24. The van der Waals surface area contributed by atoms with Gasteiger partial charge in [-0.2, -0.15) is 0 Å². The normalized spacial score (nSPS) is 10.3. The largest absolute Gasteiger partial charge is 0.425 e. The van der Waals surface area contributed by atoms with Crippen molar-refractivity contribution in [2.45, 2.75) is 6.92 Å². The van der Waals surface area contributed by atoms with Crippen molar-refractivity contribution in [3.63, 3.8) is 0 Å². The van der Waals surface area contributed by atoms with Crippen molar-refractivity contribution in [3.05, 3.63) is 57.7 Å². The summed E-state index contributed by atoms with van der Waals surface area (Å²) in [6.07, 6.45) is 1.22. The number of ether oxygens (including phenoxy) is 1. The average molecular weight is 282 g/mol. The fourth-order valence-electron chi connectivity index (χ4n) is 1.59. The maximum atomic E-state index is 13.8. The minimum Gasteiger partial charge on any atom is -0.425 e. The van der Waals surface area contributed by atoms with Gasteiger partial charge in [-0.15, -0.1) is 0 Å². The maximum absolute atomic E-state index is 13.8. The van der Waals surface area contributed by atoms with Gasteiger partial charge in [-0.1, -0.05) is 17.7 Å². The zero-order valence-electron chi connectivity index (χ0n) is 9.89. The fraction of sp³-hybridized carbons (Fsp3) is 0.0769. The molecule has 0 spiro atoms. The third-order valence-electron chi connectivity index (χ3n) is 2.32. The minimum absolute atomic E-state index is 0.0804. The molecule has 0 atom stereocenters. The third kappa shape index (κ3) is 2.82.